The second kappa shape index (κ2) is 7.93. The molecule has 4 nitrogen and oxygen atoms in total. The predicted octanol–water partition coefficient (Wildman–Crippen LogP) is 2.83. The first-order chi connectivity index (χ1) is 9.37. The van der Waals surface area contributed by atoms with Gasteiger partial charge in [-0.2, -0.15) is 0 Å². The van der Waals surface area contributed by atoms with Gasteiger partial charge in [0.25, 0.3) is 0 Å². The van der Waals surface area contributed by atoms with E-state index in [0.29, 0.717) is 24.0 Å². The van der Waals surface area contributed by atoms with Crippen LogP contribution in [0.3, 0.4) is 0 Å². The molecule has 0 aromatic carbocycles. The van der Waals surface area contributed by atoms with E-state index in [9.17, 15) is 8.42 Å². The molecule has 0 aliphatic rings. The molecule has 0 spiro atoms. The lowest BCUT2D eigenvalue weighted by Crippen LogP contribution is -2.27. The Morgan fingerprint density at radius 3 is 2.80 bits per heavy atom. The number of sulfonamides is 1. The summed E-state index contributed by atoms with van der Waals surface area (Å²) in [6, 6.07) is 2.15. The Bertz CT molecular complexity index is 521. The zero-order chi connectivity index (χ0) is 15.2. The fraction of sp³-hybridized carbons (Fsp3) is 0.571. The van der Waals surface area contributed by atoms with E-state index in [2.05, 4.69) is 25.7 Å². The summed E-state index contributed by atoms with van der Waals surface area (Å²) in [5.41, 5.74) is 0. The Morgan fingerprint density at radius 2 is 2.20 bits per heavy atom. The number of rotatable bonds is 9. The van der Waals surface area contributed by atoms with E-state index in [1.165, 1.54) is 15.6 Å². The molecule has 1 aromatic heterocycles. The van der Waals surface area contributed by atoms with Crippen LogP contribution < -0.4 is 5.32 Å². The topological polar surface area (TPSA) is 49.4 Å². The highest BCUT2D eigenvalue weighted by Gasteiger charge is 2.21. The Morgan fingerprint density at radius 1 is 1.50 bits per heavy atom. The average Bonchev–Trinajstić information content (AvgIpc) is 2.86. The van der Waals surface area contributed by atoms with E-state index in [1.54, 1.807) is 24.6 Å². The van der Waals surface area contributed by atoms with Gasteiger partial charge in [-0.15, -0.1) is 17.9 Å². The van der Waals surface area contributed by atoms with Crippen molar-refractivity contribution < 1.29 is 8.42 Å². The number of nitrogens with one attached hydrogen (secondary N) is 1. The third-order valence-corrected chi connectivity index (χ3v) is 5.82. The van der Waals surface area contributed by atoms with Crippen LogP contribution in [0.4, 0.5) is 0 Å². The molecule has 114 valence electrons. The minimum Gasteiger partial charge on any atom is -0.310 e. The summed E-state index contributed by atoms with van der Waals surface area (Å²) >= 11 is 1.48. The quantitative estimate of drug-likeness (QED) is 0.563. The van der Waals surface area contributed by atoms with Crippen molar-refractivity contribution in [2.75, 3.05) is 13.6 Å². The Balaban J connectivity index is 2.69. The molecule has 0 atom stereocenters. The highest BCUT2D eigenvalue weighted by atomic mass is 32.2. The van der Waals surface area contributed by atoms with Crippen LogP contribution >= 0.6 is 11.3 Å². The molecule has 0 saturated carbocycles. The van der Waals surface area contributed by atoms with Crippen molar-refractivity contribution in [3.05, 3.63) is 29.0 Å². The van der Waals surface area contributed by atoms with Crippen LogP contribution in [-0.4, -0.2) is 32.4 Å². The van der Waals surface area contributed by atoms with Crippen LogP contribution in [0.1, 0.15) is 31.6 Å². The Hall–Kier alpha value is -0.690. The molecule has 0 bridgehead atoms. The van der Waals surface area contributed by atoms with Gasteiger partial charge in [0.05, 0.1) is 4.90 Å². The molecule has 0 amide bonds. The van der Waals surface area contributed by atoms with E-state index in [1.807, 2.05) is 0 Å². The van der Waals surface area contributed by atoms with Crippen LogP contribution in [-0.2, 0) is 16.6 Å². The van der Waals surface area contributed by atoms with E-state index in [4.69, 9.17) is 0 Å². The largest absolute Gasteiger partial charge is 0.310 e. The van der Waals surface area contributed by atoms with Crippen molar-refractivity contribution in [1.82, 2.24) is 9.62 Å². The van der Waals surface area contributed by atoms with Gasteiger partial charge >= 0.3 is 0 Å². The molecule has 6 heteroatoms. The van der Waals surface area contributed by atoms with Gasteiger partial charge in [-0.3, -0.25) is 0 Å². The maximum Gasteiger partial charge on any atom is 0.243 e. The lowest BCUT2D eigenvalue weighted by molar-refractivity contribution is 0.463. The van der Waals surface area contributed by atoms with Crippen molar-refractivity contribution >= 4 is 21.4 Å². The average molecular weight is 316 g/mol. The summed E-state index contributed by atoms with van der Waals surface area (Å²) in [6.07, 6.45) is 3.43. The zero-order valence-corrected chi connectivity index (χ0v) is 14.1. The van der Waals surface area contributed by atoms with Gasteiger partial charge in [0.15, 0.2) is 0 Å². The first kappa shape index (κ1) is 17.4. The van der Waals surface area contributed by atoms with Gasteiger partial charge in [0, 0.05) is 36.4 Å². The minimum atomic E-state index is -3.36. The van der Waals surface area contributed by atoms with Gasteiger partial charge in [-0.25, -0.2) is 12.7 Å². The first-order valence-corrected chi connectivity index (χ1v) is 9.08. The molecule has 0 aliphatic heterocycles. The molecule has 0 radical (unpaired) electrons. The summed E-state index contributed by atoms with van der Waals surface area (Å²) in [5, 5.41) is 5.01. The van der Waals surface area contributed by atoms with Gasteiger partial charge in [0.2, 0.25) is 10.0 Å². The Labute approximate surface area is 126 Å². The van der Waals surface area contributed by atoms with Gasteiger partial charge in [-0.1, -0.05) is 19.9 Å². The fourth-order valence-corrected chi connectivity index (χ4v) is 4.07. The van der Waals surface area contributed by atoms with Crippen LogP contribution in [0.2, 0.25) is 0 Å². The van der Waals surface area contributed by atoms with E-state index >= 15 is 0 Å². The first-order valence-electron chi connectivity index (χ1n) is 6.76. The highest BCUT2D eigenvalue weighted by Crippen LogP contribution is 2.22. The van der Waals surface area contributed by atoms with Crippen LogP contribution in [0, 0.1) is 0 Å². The maximum absolute atomic E-state index is 12.4. The monoisotopic (exact) mass is 316 g/mol. The number of hydrogen-bond acceptors (Lipinski definition) is 4. The van der Waals surface area contributed by atoms with Crippen molar-refractivity contribution in [2.45, 2.75) is 44.2 Å². The summed E-state index contributed by atoms with van der Waals surface area (Å²) in [6.45, 7) is 9.00. The molecule has 20 heavy (non-hydrogen) atoms. The summed E-state index contributed by atoms with van der Waals surface area (Å²) in [7, 11) is -1.73. The van der Waals surface area contributed by atoms with Crippen molar-refractivity contribution in [3.8, 4) is 0 Å². The van der Waals surface area contributed by atoms with Crippen LogP contribution in [0.25, 0.3) is 0 Å². The molecule has 0 saturated heterocycles. The zero-order valence-electron chi connectivity index (χ0n) is 12.4. The molecular weight excluding hydrogens is 292 g/mol. The molecule has 1 aromatic rings. The number of nitrogens with zero attached hydrogens (tertiary/aromatic N) is 1. The van der Waals surface area contributed by atoms with Gasteiger partial charge in [0.1, 0.15) is 0 Å². The summed E-state index contributed by atoms with van der Waals surface area (Å²) in [5.74, 6) is 0. The summed E-state index contributed by atoms with van der Waals surface area (Å²) in [4.78, 5) is 1.43. The lowest BCUT2D eigenvalue weighted by Gasteiger charge is -2.15. The standard InChI is InChI=1S/C14H24N2O2S2/c1-5-6-7-8-16(4)20(17,18)14-9-13(19-11-14)10-15-12(2)3/h5,9,11-12,15H,1,6-8,10H2,2-4H3. The van der Waals surface area contributed by atoms with E-state index in [0.717, 1.165) is 17.7 Å². The second-order valence-corrected chi connectivity index (χ2v) is 8.08. The third kappa shape index (κ3) is 5.01. The van der Waals surface area contributed by atoms with Gasteiger partial charge in [-0.05, 0) is 18.9 Å². The molecule has 0 fully saturated rings. The molecule has 0 unspecified atom stereocenters. The maximum atomic E-state index is 12.4. The molecule has 1 heterocycles. The van der Waals surface area contributed by atoms with Crippen molar-refractivity contribution in [3.63, 3.8) is 0 Å². The van der Waals surface area contributed by atoms with Crippen molar-refractivity contribution in [1.29, 1.82) is 0 Å². The number of unbranched alkanes of at least 4 members (excludes halogenated alkanes) is 1. The van der Waals surface area contributed by atoms with Crippen LogP contribution in [0.5, 0.6) is 0 Å². The lowest BCUT2D eigenvalue weighted by atomic mass is 10.3. The highest BCUT2D eigenvalue weighted by molar-refractivity contribution is 7.89. The van der Waals surface area contributed by atoms with Crippen molar-refractivity contribution in [2.24, 2.45) is 0 Å². The fourth-order valence-electron chi connectivity index (χ4n) is 1.65. The minimum absolute atomic E-state index is 0.388. The smallest absolute Gasteiger partial charge is 0.243 e. The Kier molecular flexibility index (Phi) is 6.88. The third-order valence-electron chi connectivity index (χ3n) is 2.90. The SMILES string of the molecule is C=CCCCN(C)S(=O)(=O)c1csc(CNC(C)C)c1. The van der Waals surface area contributed by atoms with E-state index < -0.39 is 10.0 Å². The molecule has 1 N–H and O–H groups in total. The second-order valence-electron chi connectivity index (χ2n) is 5.04. The van der Waals surface area contributed by atoms with Gasteiger partial charge < -0.3 is 5.32 Å². The predicted molar refractivity (Wildman–Crippen MR) is 85.5 cm³/mol. The molecular formula is C14H24N2O2S2. The number of allylic oxidation sites excluding steroid dienone is 1. The number of hydrogen-bond donors (Lipinski definition) is 1. The normalized spacial score (nSPS) is 12.2. The molecule has 1 rings (SSSR count). The summed E-state index contributed by atoms with van der Waals surface area (Å²) < 4.78 is 26.1. The molecule has 0 aliphatic carbocycles. The number of thiophene rings is 1. The van der Waals surface area contributed by atoms with E-state index in [-0.39, 0.29) is 0 Å². The van der Waals surface area contributed by atoms with Crippen LogP contribution in [0.15, 0.2) is 29.0 Å².